The Morgan fingerprint density at radius 2 is 0.647 bits per heavy atom. The summed E-state index contributed by atoms with van der Waals surface area (Å²) in [5.41, 5.74) is 0. The summed E-state index contributed by atoms with van der Waals surface area (Å²) in [5.74, 6) is 0. The predicted molar refractivity (Wildman–Crippen MR) is 80.4 cm³/mol. The molecule has 0 aromatic rings. The average Bonchev–Trinajstić information content (AvgIpc) is 2.35. The maximum Gasteiger partial charge on any atom is 0.292 e. The van der Waals surface area contributed by atoms with E-state index in [9.17, 15) is 0 Å². The van der Waals surface area contributed by atoms with Crippen LogP contribution in [0.3, 0.4) is 0 Å². The van der Waals surface area contributed by atoms with Crippen molar-refractivity contribution in [3.8, 4) is 0 Å². The standard InChI is InChI=1S/H18O9Si8/c1-10-3-12-5-14-7-16-9-17-8-15-6-13-4-11-2/h1-2H,10-17H2. The van der Waals surface area contributed by atoms with Gasteiger partial charge in [-0.25, -0.2) is 0 Å². The van der Waals surface area contributed by atoms with Crippen LogP contribution in [0.5, 0.6) is 0 Å². The lowest BCUT2D eigenvalue weighted by Gasteiger charge is -2.07. The molecule has 0 aromatic carbocycles. The van der Waals surface area contributed by atoms with Crippen LogP contribution in [0.4, 0.5) is 0 Å². The van der Waals surface area contributed by atoms with Crippen LogP contribution in [-0.4, -0.2) is 89.6 Å². The smallest absolute Gasteiger partial charge is 0.292 e. The molecule has 0 spiro atoms. The van der Waals surface area contributed by atoms with Gasteiger partial charge in [0.1, 0.15) is 0 Å². The summed E-state index contributed by atoms with van der Waals surface area (Å²) in [4.78, 5) is 16.9. The molecule has 0 aliphatic heterocycles. The zero-order chi connectivity index (χ0) is 12.6. The SMILES string of the molecule is O[SiH2]O[SiH2]O[SiH2]O[SiH2]O[SiH2]O[SiH2]O[SiH2]O[SiH2]O. The minimum atomic E-state index is -1.31. The molecule has 2 N–H and O–H groups in total. The lowest BCUT2D eigenvalue weighted by Crippen LogP contribution is -2.20. The fourth-order valence-corrected chi connectivity index (χ4v) is 11.7. The molecule has 0 amide bonds. The molecule has 0 rings (SSSR count). The maximum absolute atomic E-state index is 8.44. The van der Waals surface area contributed by atoms with Gasteiger partial charge in [-0.15, -0.1) is 0 Å². The van der Waals surface area contributed by atoms with Crippen LogP contribution in [-0.2, 0) is 28.8 Å². The highest BCUT2D eigenvalue weighted by molar-refractivity contribution is 6.48. The van der Waals surface area contributed by atoms with Gasteiger partial charge in [0.25, 0.3) is 80.1 Å². The normalized spacial score (nSPS) is 16.6. The van der Waals surface area contributed by atoms with E-state index in [0.717, 1.165) is 0 Å². The third-order valence-corrected chi connectivity index (χ3v) is 10.6. The van der Waals surface area contributed by atoms with Gasteiger partial charge in [-0.05, 0) is 0 Å². The minimum absolute atomic E-state index is 0.964. The molecule has 0 atom stereocenters. The first kappa shape index (κ1) is 18.4. The van der Waals surface area contributed by atoms with Crippen LogP contribution in [0.25, 0.3) is 0 Å². The molecular weight excluding hydrogens is 369 g/mol. The van der Waals surface area contributed by atoms with E-state index in [2.05, 4.69) is 0 Å². The van der Waals surface area contributed by atoms with E-state index in [1.165, 1.54) is 0 Å². The van der Waals surface area contributed by atoms with Crippen LogP contribution in [0.15, 0.2) is 0 Å². The van der Waals surface area contributed by atoms with Crippen molar-refractivity contribution in [1.29, 1.82) is 0 Å². The van der Waals surface area contributed by atoms with Gasteiger partial charge in [-0.3, -0.25) is 0 Å². The Kier molecular flexibility index (Phi) is 18.8. The maximum atomic E-state index is 8.44. The third kappa shape index (κ3) is 17.4. The Labute approximate surface area is 118 Å². The molecule has 17 heteroatoms. The summed E-state index contributed by atoms with van der Waals surface area (Å²) in [5, 5.41) is 0. The second-order valence-electron chi connectivity index (χ2n) is 2.39. The van der Waals surface area contributed by atoms with Crippen LogP contribution < -0.4 is 0 Å². The molecule has 0 saturated heterocycles. The van der Waals surface area contributed by atoms with Crippen LogP contribution in [0, 0.1) is 0 Å². The van der Waals surface area contributed by atoms with Crippen LogP contribution in [0.1, 0.15) is 0 Å². The second kappa shape index (κ2) is 17.4. The Balaban J connectivity index is 2.85. The van der Waals surface area contributed by atoms with Crippen molar-refractivity contribution in [2.75, 3.05) is 0 Å². The van der Waals surface area contributed by atoms with Crippen molar-refractivity contribution >= 4 is 80.1 Å². The first-order chi connectivity index (χ1) is 8.41. The Morgan fingerprint density at radius 1 is 0.412 bits per heavy atom. The van der Waals surface area contributed by atoms with Crippen molar-refractivity contribution in [2.45, 2.75) is 0 Å². The molecule has 0 unspecified atom stereocenters. The quantitative estimate of drug-likeness (QED) is 0.222. The summed E-state index contributed by atoms with van der Waals surface area (Å²) in [6.45, 7) is 0. The van der Waals surface area contributed by atoms with Gasteiger partial charge in [-0.1, -0.05) is 0 Å². The molecule has 0 aliphatic rings. The Hall–Kier alpha value is 1.38. The molecule has 0 aliphatic carbocycles. The van der Waals surface area contributed by atoms with E-state index in [1.54, 1.807) is 0 Å². The summed E-state index contributed by atoms with van der Waals surface area (Å²) in [7, 11) is -8.45. The first-order valence-electron chi connectivity index (χ1n) is 4.67. The van der Waals surface area contributed by atoms with E-state index >= 15 is 0 Å². The molecule has 104 valence electrons. The van der Waals surface area contributed by atoms with Gasteiger partial charge in [-0.2, -0.15) is 0 Å². The molecule has 0 bridgehead atoms. The number of hydrogen-bond acceptors (Lipinski definition) is 9. The summed E-state index contributed by atoms with van der Waals surface area (Å²) in [6, 6.07) is 0. The Morgan fingerprint density at radius 3 is 0.882 bits per heavy atom. The topological polar surface area (TPSA) is 105 Å². The zero-order valence-electron chi connectivity index (χ0n) is 9.41. The van der Waals surface area contributed by atoms with Crippen LogP contribution in [0.2, 0.25) is 0 Å². The van der Waals surface area contributed by atoms with Crippen molar-refractivity contribution < 1.29 is 38.4 Å². The monoisotopic (exact) mass is 386 g/mol. The largest absolute Gasteiger partial charge is 0.425 e. The molecule has 0 fully saturated rings. The van der Waals surface area contributed by atoms with Gasteiger partial charge < -0.3 is 38.4 Å². The lowest BCUT2D eigenvalue weighted by atomic mass is 15.7. The molecular formula is H18O9Si8. The van der Waals surface area contributed by atoms with Crippen LogP contribution >= 0.6 is 0 Å². The fourth-order valence-electron chi connectivity index (χ4n) is 0.598. The Bertz CT molecular complexity index is 120. The average molecular weight is 387 g/mol. The molecule has 0 radical (unpaired) electrons. The second-order valence-corrected chi connectivity index (χ2v) is 15.8. The highest BCUT2D eigenvalue weighted by atomic mass is 28.4. The zero-order valence-corrected chi connectivity index (χ0v) is 20.7. The molecule has 0 aromatic heterocycles. The number of hydrogen-bond donors (Lipinski definition) is 2. The minimum Gasteiger partial charge on any atom is -0.425 e. The van der Waals surface area contributed by atoms with Crippen molar-refractivity contribution in [2.24, 2.45) is 0 Å². The van der Waals surface area contributed by atoms with Gasteiger partial charge in [0.15, 0.2) is 0 Å². The van der Waals surface area contributed by atoms with Gasteiger partial charge >= 0.3 is 0 Å². The molecule has 0 heterocycles. The summed E-state index contributed by atoms with van der Waals surface area (Å²) in [6.07, 6.45) is 0. The number of rotatable bonds is 14. The third-order valence-electron chi connectivity index (χ3n) is 1.18. The van der Waals surface area contributed by atoms with Gasteiger partial charge in [0, 0.05) is 0 Å². The molecule has 9 nitrogen and oxygen atoms in total. The fraction of sp³-hybridized carbons (Fsp3) is 0. The highest BCUT2D eigenvalue weighted by Crippen LogP contribution is 1.76. The molecule has 17 heavy (non-hydrogen) atoms. The van der Waals surface area contributed by atoms with Crippen molar-refractivity contribution in [1.82, 2.24) is 0 Å². The van der Waals surface area contributed by atoms with E-state index in [0.29, 0.717) is 0 Å². The van der Waals surface area contributed by atoms with E-state index in [1.807, 2.05) is 0 Å². The van der Waals surface area contributed by atoms with E-state index in [4.69, 9.17) is 38.4 Å². The highest BCUT2D eigenvalue weighted by Gasteiger charge is 1.94. The van der Waals surface area contributed by atoms with Gasteiger partial charge in [0.05, 0.1) is 0 Å². The predicted octanol–water partition coefficient (Wildman–Crippen LogP) is -8.92. The van der Waals surface area contributed by atoms with Gasteiger partial charge in [0.2, 0.25) is 0 Å². The van der Waals surface area contributed by atoms with Crippen molar-refractivity contribution in [3.05, 3.63) is 0 Å². The van der Waals surface area contributed by atoms with Crippen molar-refractivity contribution in [3.63, 3.8) is 0 Å². The lowest BCUT2D eigenvalue weighted by molar-refractivity contribution is 0.361. The van der Waals surface area contributed by atoms with E-state index in [-0.39, 0.29) is 0 Å². The first-order valence-corrected chi connectivity index (χ1v) is 14.0. The van der Waals surface area contributed by atoms with E-state index < -0.39 is 80.1 Å². The summed E-state index contributed by atoms with van der Waals surface area (Å²) < 4.78 is 35.6. The summed E-state index contributed by atoms with van der Waals surface area (Å²) >= 11 is 0. The molecule has 0 saturated carbocycles.